The molecule has 0 unspecified atom stereocenters. The minimum Gasteiger partial charge on any atom is -0.496 e. The molecular formula is C14H13ClN2O3. The maximum absolute atomic E-state index is 11.8. The number of aromatic nitrogens is 2. The molecule has 104 valence electrons. The van der Waals surface area contributed by atoms with Crippen molar-refractivity contribution in [3.05, 3.63) is 45.2 Å². The van der Waals surface area contributed by atoms with Gasteiger partial charge < -0.3 is 4.74 Å². The first-order valence-corrected chi connectivity index (χ1v) is 6.39. The number of carbonyl (C=O) groups is 1. The monoisotopic (exact) mass is 292 g/mol. The number of ether oxygens (including phenoxy) is 1. The van der Waals surface area contributed by atoms with Crippen LogP contribution in [-0.2, 0) is 6.54 Å². The number of methoxy groups -OCH3 is 1. The van der Waals surface area contributed by atoms with Gasteiger partial charge in [-0.3, -0.25) is 9.59 Å². The van der Waals surface area contributed by atoms with Crippen LogP contribution in [0.2, 0.25) is 5.02 Å². The quantitative estimate of drug-likeness (QED) is 0.812. The summed E-state index contributed by atoms with van der Waals surface area (Å²) in [5.74, 6) is 0.569. The Balaban J connectivity index is 2.72. The summed E-state index contributed by atoms with van der Waals surface area (Å²) in [4.78, 5) is 22.8. The van der Waals surface area contributed by atoms with E-state index in [0.29, 0.717) is 34.9 Å². The van der Waals surface area contributed by atoms with Gasteiger partial charge in [0, 0.05) is 17.1 Å². The second-order valence-corrected chi connectivity index (χ2v) is 4.50. The summed E-state index contributed by atoms with van der Waals surface area (Å²) in [6.07, 6.45) is 0.525. The van der Waals surface area contributed by atoms with Crippen molar-refractivity contribution in [3.63, 3.8) is 0 Å². The van der Waals surface area contributed by atoms with Crippen molar-refractivity contribution >= 4 is 17.9 Å². The van der Waals surface area contributed by atoms with Gasteiger partial charge in [-0.15, -0.1) is 0 Å². The highest BCUT2D eigenvalue weighted by Crippen LogP contribution is 2.31. The van der Waals surface area contributed by atoms with E-state index in [9.17, 15) is 9.59 Å². The molecule has 0 radical (unpaired) electrons. The molecule has 1 aromatic heterocycles. The lowest BCUT2D eigenvalue weighted by Gasteiger charge is -2.10. The zero-order valence-corrected chi connectivity index (χ0v) is 11.8. The predicted octanol–water partition coefficient (Wildman–Crippen LogP) is 2.40. The van der Waals surface area contributed by atoms with Crippen LogP contribution >= 0.6 is 11.6 Å². The zero-order valence-electron chi connectivity index (χ0n) is 11.1. The van der Waals surface area contributed by atoms with Gasteiger partial charge in [-0.05, 0) is 31.2 Å². The molecule has 6 heteroatoms. The first kappa shape index (κ1) is 14.3. The van der Waals surface area contributed by atoms with Crippen LogP contribution in [0, 0.1) is 0 Å². The Hall–Kier alpha value is -2.14. The molecule has 1 heterocycles. The minimum atomic E-state index is -0.410. The van der Waals surface area contributed by atoms with Crippen molar-refractivity contribution in [1.29, 1.82) is 0 Å². The second-order valence-electron chi connectivity index (χ2n) is 4.07. The van der Waals surface area contributed by atoms with E-state index in [1.165, 1.54) is 17.9 Å². The highest BCUT2D eigenvalue weighted by atomic mass is 35.5. The van der Waals surface area contributed by atoms with E-state index in [2.05, 4.69) is 5.10 Å². The molecule has 0 aliphatic carbocycles. The number of benzene rings is 1. The molecular weight excluding hydrogens is 280 g/mol. The van der Waals surface area contributed by atoms with Gasteiger partial charge in [-0.2, -0.15) is 5.10 Å². The van der Waals surface area contributed by atoms with Gasteiger partial charge in [0.2, 0.25) is 0 Å². The summed E-state index contributed by atoms with van der Waals surface area (Å²) in [6.45, 7) is 2.15. The van der Waals surface area contributed by atoms with E-state index >= 15 is 0 Å². The molecule has 0 fully saturated rings. The van der Waals surface area contributed by atoms with Gasteiger partial charge in [-0.25, -0.2) is 4.68 Å². The molecule has 0 aliphatic heterocycles. The lowest BCUT2D eigenvalue weighted by molar-refractivity contribution is 0.112. The number of aryl methyl sites for hydroxylation is 1. The molecule has 5 nitrogen and oxygen atoms in total. The van der Waals surface area contributed by atoms with Crippen molar-refractivity contribution in [3.8, 4) is 17.0 Å². The fourth-order valence-electron chi connectivity index (χ4n) is 1.87. The zero-order chi connectivity index (χ0) is 14.7. The Morgan fingerprint density at radius 2 is 2.15 bits per heavy atom. The second kappa shape index (κ2) is 5.88. The fraction of sp³-hybridized carbons (Fsp3) is 0.214. The Kier molecular flexibility index (Phi) is 4.20. The SMILES string of the molecule is CCn1nc(-c2cc(Cl)ccc2OC)cc(C=O)c1=O. The van der Waals surface area contributed by atoms with Crippen LogP contribution in [0.3, 0.4) is 0 Å². The maximum Gasteiger partial charge on any atom is 0.277 e. The van der Waals surface area contributed by atoms with E-state index in [-0.39, 0.29) is 5.56 Å². The molecule has 2 aromatic rings. The van der Waals surface area contributed by atoms with E-state index in [1.807, 2.05) is 0 Å². The van der Waals surface area contributed by atoms with Crippen molar-refractivity contribution in [2.75, 3.05) is 7.11 Å². The van der Waals surface area contributed by atoms with Gasteiger partial charge >= 0.3 is 0 Å². The molecule has 0 saturated carbocycles. The Morgan fingerprint density at radius 3 is 2.75 bits per heavy atom. The first-order chi connectivity index (χ1) is 9.60. The molecule has 0 atom stereocenters. The molecule has 0 saturated heterocycles. The molecule has 20 heavy (non-hydrogen) atoms. The van der Waals surface area contributed by atoms with Gasteiger partial charge in [-0.1, -0.05) is 11.6 Å². The summed E-state index contributed by atoms with van der Waals surface area (Å²) in [6, 6.07) is 6.53. The van der Waals surface area contributed by atoms with E-state index in [0.717, 1.165) is 0 Å². The number of carbonyl (C=O) groups excluding carboxylic acids is 1. The van der Waals surface area contributed by atoms with E-state index in [1.54, 1.807) is 25.1 Å². The highest BCUT2D eigenvalue weighted by molar-refractivity contribution is 6.30. The highest BCUT2D eigenvalue weighted by Gasteiger charge is 2.13. The lowest BCUT2D eigenvalue weighted by Crippen LogP contribution is -2.25. The number of nitrogens with zero attached hydrogens (tertiary/aromatic N) is 2. The third-order valence-electron chi connectivity index (χ3n) is 2.87. The smallest absolute Gasteiger partial charge is 0.277 e. The lowest BCUT2D eigenvalue weighted by atomic mass is 10.1. The van der Waals surface area contributed by atoms with Crippen LogP contribution in [0.15, 0.2) is 29.1 Å². The van der Waals surface area contributed by atoms with Crippen molar-refractivity contribution in [2.45, 2.75) is 13.5 Å². The first-order valence-electron chi connectivity index (χ1n) is 6.02. The van der Waals surface area contributed by atoms with Gasteiger partial charge in [0.15, 0.2) is 6.29 Å². The standard InChI is InChI=1S/C14H13ClN2O3/c1-3-17-14(19)9(8-18)6-12(16-17)11-7-10(15)4-5-13(11)20-2/h4-8H,3H2,1-2H3. The molecule has 0 bridgehead atoms. The summed E-state index contributed by atoms with van der Waals surface area (Å²) in [5.41, 5.74) is 0.740. The van der Waals surface area contributed by atoms with Crippen LogP contribution in [0.1, 0.15) is 17.3 Å². The van der Waals surface area contributed by atoms with Crippen LogP contribution < -0.4 is 10.3 Å². The normalized spacial score (nSPS) is 10.3. The summed E-state index contributed by atoms with van der Waals surface area (Å²) >= 11 is 5.98. The molecule has 0 aliphatic rings. The van der Waals surface area contributed by atoms with Crippen molar-refractivity contribution in [2.24, 2.45) is 0 Å². The van der Waals surface area contributed by atoms with Crippen LogP contribution in [-0.4, -0.2) is 23.2 Å². The largest absolute Gasteiger partial charge is 0.496 e. The average molecular weight is 293 g/mol. The van der Waals surface area contributed by atoms with E-state index in [4.69, 9.17) is 16.3 Å². The number of aldehydes is 1. The maximum atomic E-state index is 11.8. The predicted molar refractivity (Wildman–Crippen MR) is 76.6 cm³/mol. The van der Waals surface area contributed by atoms with Gasteiger partial charge in [0.05, 0.1) is 18.4 Å². The van der Waals surface area contributed by atoms with Crippen molar-refractivity contribution in [1.82, 2.24) is 9.78 Å². The van der Waals surface area contributed by atoms with Gasteiger partial charge in [0.25, 0.3) is 5.56 Å². The minimum absolute atomic E-state index is 0.0545. The van der Waals surface area contributed by atoms with Crippen LogP contribution in [0.5, 0.6) is 5.75 Å². The van der Waals surface area contributed by atoms with Crippen LogP contribution in [0.4, 0.5) is 0 Å². The summed E-state index contributed by atoms with van der Waals surface area (Å²) < 4.78 is 6.49. The van der Waals surface area contributed by atoms with Crippen LogP contribution in [0.25, 0.3) is 11.3 Å². The number of hydrogen-bond donors (Lipinski definition) is 0. The Bertz CT molecular complexity index is 710. The number of hydrogen-bond acceptors (Lipinski definition) is 4. The molecule has 0 spiro atoms. The molecule has 2 rings (SSSR count). The Morgan fingerprint density at radius 1 is 1.40 bits per heavy atom. The fourth-order valence-corrected chi connectivity index (χ4v) is 2.05. The summed E-state index contributed by atoms with van der Waals surface area (Å²) in [5, 5.41) is 4.74. The number of halogens is 1. The molecule has 1 aromatic carbocycles. The molecule has 0 amide bonds. The third-order valence-corrected chi connectivity index (χ3v) is 3.10. The van der Waals surface area contributed by atoms with Crippen molar-refractivity contribution < 1.29 is 9.53 Å². The third kappa shape index (κ3) is 2.58. The van der Waals surface area contributed by atoms with Gasteiger partial charge in [0.1, 0.15) is 5.75 Å². The topological polar surface area (TPSA) is 61.2 Å². The van der Waals surface area contributed by atoms with E-state index < -0.39 is 5.56 Å². The number of rotatable bonds is 4. The Labute approximate surface area is 120 Å². The summed E-state index contributed by atoms with van der Waals surface area (Å²) in [7, 11) is 1.53. The molecule has 0 N–H and O–H groups in total. The average Bonchev–Trinajstić information content (AvgIpc) is 2.47.